The highest BCUT2D eigenvalue weighted by Gasteiger charge is 2.02. The van der Waals surface area contributed by atoms with Gasteiger partial charge in [-0.3, -0.25) is 4.99 Å². The Balaban J connectivity index is 0.00000288. The van der Waals surface area contributed by atoms with Gasteiger partial charge in [0.05, 0.1) is 6.61 Å². The average Bonchev–Trinajstić information content (AvgIpc) is 3.06. The van der Waals surface area contributed by atoms with Gasteiger partial charge in [0.2, 0.25) is 0 Å². The van der Waals surface area contributed by atoms with Crippen molar-refractivity contribution >= 4 is 29.9 Å². The van der Waals surface area contributed by atoms with Gasteiger partial charge in [-0.15, -0.1) is 24.0 Å². The Morgan fingerprint density at radius 1 is 1.21 bits per heavy atom. The fourth-order valence-electron chi connectivity index (χ4n) is 2.37. The molecule has 0 fully saturated rings. The van der Waals surface area contributed by atoms with Crippen molar-refractivity contribution in [2.24, 2.45) is 4.99 Å². The number of aliphatic imine (C=N–C) groups is 1. The van der Waals surface area contributed by atoms with Crippen LogP contribution in [-0.2, 0) is 13.1 Å². The molecule has 2 rings (SSSR count). The second-order valence-electron chi connectivity index (χ2n) is 5.31. The van der Waals surface area contributed by atoms with Crippen LogP contribution in [0.5, 0.6) is 5.75 Å². The molecule has 1 aromatic heterocycles. The largest absolute Gasteiger partial charge is 0.494 e. The summed E-state index contributed by atoms with van der Waals surface area (Å²) >= 11 is 0. The number of hydrogen-bond acceptors (Lipinski definition) is 2. The molecule has 0 saturated heterocycles. The summed E-state index contributed by atoms with van der Waals surface area (Å²) in [5, 5.41) is 6.65. The summed E-state index contributed by atoms with van der Waals surface area (Å²) < 4.78 is 7.70. The molecule has 0 aliphatic rings. The molecule has 2 aromatic rings. The maximum absolute atomic E-state index is 5.57. The summed E-state index contributed by atoms with van der Waals surface area (Å²) in [6, 6.07) is 10.3. The Labute approximate surface area is 161 Å². The van der Waals surface area contributed by atoms with Gasteiger partial charge in [0.15, 0.2) is 5.96 Å². The van der Waals surface area contributed by atoms with Gasteiger partial charge < -0.3 is 19.9 Å². The van der Waals surface area contributed by atoms with Gasteiger partial charge in [0.25, 0.3) is 0 Å². The van der Waals surface area contributed by atoms with Crippen molar-refractivity contribution in [3.05, 3.63) is 53.9 Å². The topological polar surface area (TPSA) is 50.6 Å². The van der Waals surface area contributed by atoms with Crippen molar-refractivity contribution in [2.75, 3.05) is 20.2 Å². The molecule has 0 unspecified atom stereocenters. The van der Waals surface area contributed by atoms with Gasteiger partial charge in [0.1, 0.15) is 5.75 Å². The molecule has 2 N–H and O–H groups in total. The number of nitrogens with zero attached hydrogens (tertiary/aromatic N) is 2. The van der Waals surface area contributed by atoms with Crippen LogP contribution in [0.1, 0.15) is 18.1 Å². The van der Waals surface area contributed by atoms with E-state index in [-0.39, 0.29) is 24.0 Å². The first kappa shape index (κ1) is 20.3. The zero-order valence-electron chi connectivity index (χ0n) is 14.6. The summed E-state index contributed by atoms with van der Waals surface area (Å²) in [6.07, 6.45) is 4.11. The lowest BCUT2D eigenvalue weighted by Crippen LogP contribution is -2.38. The molecule has 0 saturated carbocycles. The third-order valence-electron chi connectivity index (χ3n) is 3.55. The normalized spacial score (nSPS) is 10.9. The van der Waals surface area contributed by atoms with E-state index in [1.165, 1.54) is 5.56 Å². The molecule has 0 radical (unpaired) electrons. The summed E-state index contributed by atoms with van der Waals surface area (Å²) in [5.41, 5.74) is 2.36. The molecule has 5 nitrogen and oxygen atoms in total. The SMILES string of the molecule is CCOc1ccc(CNC(=NC)NCCn2cccc2)cc1C.I. The second kappa shape index (κ2) is 11.0. The van der Waals surface area contributed by atoms with Gasteiger partial charge in [-0.2, -0.15) is 0 Å². The van der Waals surface area contributed by atoms with Crippen LogP contribution in [0.15, 0.2) is 47.7 Å². The van der Waals surface area contributed by atoms with Gasteiger partial charge in [-0.25, -0.2) is 0 Å². The average molecular weight is 442 g/mol. The van der Waals surface area contributed by atoms with Crippen molar-refractivity contribution in [1.29, 1.82) is 0 Å². The summed E-state index contributed by atoms with van der Waals surface area (Å²) in [7, 11) is 1.79. The van der Waals surface area contributed by atoms with Gasteiger partial charge >= 0.3 is 0 Å². The number of rotatable bonds is 7. The Kier molecular flexibility index (Phi) is 9.29. The molecule has 0 aliphatic heterocycles. The Morgan fingerprint density at radius 2 is 1.96 bits per heavy atom. The molecule has 24 heavy (non-hydrogen) atoms. The molecule has 1 heterocycles. The minimum atomic E-state index is 0. The lowest BCUT2D eigenvalue weighted by Gasteiger charge is -2.13. The van der Waals surface area contributed by atoms with Gasteiger partial charge in [0, 0.05) is 39.1 Å². The Hall–Kier alpha value is -1.70. The van der Waals surface area contributed by atoms with Crippen LogP contribution < -0.4 is 15.4 Å². The molecule has 0 aliphatic carbocycles. The third kappa shape index (κ3) is 6.43. The minimum Gasteiger partial charge on any atom is -0.494 e. The summed E-state index contributed by atoms with van der Waals surface area (Å²) in [5.74, 6) is 1.76. The van der Waals surface area contributed by atoms with Crippen LogP contribution in [0.2, 0.25) is 0 Å². The lowest BCUT2D eigenvalue weighted by molar-refractivity contribution is 0.338. The maximum Gasteiger partial charge on any atom is 0.191 e. The standard InChI is InChI=1S/C18H26N4O.HI/c1-4-23-17-8-7-16(13-15(17)2)14-21-18(19-3)20-9-12-22-10-5-6-11-22;/h5-8,10-11,13H,4,9,12,14H2,1-3H3,(H2,19,20,21);1H. The van der Waals surface area contributed by atoms with Crippen molar-refractivity contribution < 1.29 is 4.74 Å². The highest BCUT2D eigenvalue weighted by atomic mass is 127. The van der Waals surface area contributed by atoms with E-state index in [4.69, 9.17) is 4.74 Å². The molecule has 0 bridgehead atoms. The zero-order valence-corrected chi connectivity index (χ0v) is 16.9. The monoisotopic (exact) mass is 442 g/mol. The van der Waals surface area contributed by atoms with Crippen molar-refractivity contribution in [3.63, 3.8) is 0 Å². The van der Waals surface area contributed by atoms with Crippen LogP contribution >= 0.6 is 24.0 Å². The van der Waals surface area contributed by atoms with Crippen LogP contribution in [0, 0.1) is 6.92 Å². The highest BCUT2D eigenvalue weighted by Crippen LogP contribution is 2.18. The fourth-order valence-corrected chi connectivity index (χ4v) is 2.37. The molecular formula is C18H27IN4O. The third-order valence-corrected chi connectivity index (χ3v) is 3.55. The quantitative estimate of drug-likeness (QED) is 0.394. The van der Waals surface area contributed by atoms with E-state index in [1.807, 2.05) is 25.1 Å². The first-order chi connectivity index (χ1) is 11.2. The molecule has 0 atom stereocenters. The van der Waals surface area contributed by atoms with E-state index in [1.54, 1.807) is 7.05 Å². The number of aromatic nitrogens is 1. The molecule has 6 heteroatoms. The van der Waals surface area contributed by atoms with E-state index in [2.05, 4.69) is 51.6 Å². The highest BCUT2D eigenvalue weighted by molar-refractivity contribution is 14.0. The number of hydrogen-bond donors (Lipinski definition) is 2. The van der Waals surface area contributed by atoms with Crippen molar-refractivity contribution in [3.8, 4) is 5.75 Å². The number of benzene rings is 1. The number of aryl methyl sites for hydroxylation is 1. The Morgan fingerprint density at radius 3 is 2.58 bits per heavy atom. The predicted molar refractivity (Wildman–Crippen MR) is 110 cm³/mol. The van der Waals surface area contributed by atoms with Crippen molar-refractivity contribution in [2.45, 2.75) is 26.9 Å². The van der Waals surface area contributed by atoms with Crippen molar-refractivity contribution in [1.82, 2.24) is 15.2 Å². The first-order valence-corrected chi connectivity index (χ1v) is 8.00. The lowest BCUT2D eigenvalue weighted by atomic mass is 10.1. The molecule has 132 valence electrons. The van der Waals surface area contributed by atoms with Crippen LogP contribution in [-0.4, -0.2) is 30.7 Å². The number of halogens is 1. The molecular weight excluding hydrogens is 415 g/mol. The van der Waals surface area contributed by atoms with Gasteiger partial charge in [-0.1, -0.05) is 12.1 Å². The van der Waals surface area contributed by atoms with Crippen LogP contribution in [0.3, 0.4) is 0 Å². The first-order valence-electron chi connectivity index (χ1n) is 8.00. The number of guanidine groups is 1. The maximum atomic E-state index is 5.57. The smallest absolute Gasteiger partial charge is 0.191 e. The number of nitrogens with one attached hydrogen (secondary N) is 2. The fraction of sp³-hybridized carbons (Fsp3) is 0.389. The van der Waals surface area contributed by atoms with E-state index < -0.39 is 0 Å². The van der Waals surface area contributed by atoms with Crippen LogP contribution in [0.25, 0.3) is 0 Å². The molecule has 1 aromatic carbocycles. The molecule has 0 spiro atoms. The number of ether oxygens (including phenoxy) is 1. The van der Waals surface area contributed by atoms with Crippen LogP contribution in [0.4, 0.5) is 0 Å². The van der Waals surface area contributed by atoms with E-state index in [0.29, 0.717) is 6.61 Å². The predicted octanol–water partition coefficient (Wildman–Crippen LogP) is 3.18. The zero-order chi connectivity index (χ0) is 16.5. The van der Waals surface area contributed by atoms with Gasteiger partial charge in [-0.05, 0) is 43.2 Å². The van der Waals surface area contributed by atoms with E-state index >= 15 is 0 Å². The van der Waals surface area contributed by atoms with E-state index in [0.717, 1.165) is 36.9 Å². The summed E-state index contributed by atoms with van der Waals surface area (Å²) in [4.78, 5) is 4.25. The molecule has 0 amide bonds. The van der Waals surface area contributed by atoms with E-state index in [9.17, 15) is 0 Å². The summed E-state index contributed by atoms with van der Waals surface area (Å²) in [6.45, 7) is 7.23. The minimum absolute atomic E-state index is 0. The Bertz CT molecular complexity index is 626. The second-order valence-corrected chi connectivity index (χ2v) is 5.31.